The number of halogens is 4. The van der Waals surface area contributed by atoms with Crippen molar-refractivity contribution in [1.82, 2.24) is 9.78 Å². The maximum absolute atomic E-state index is 12.2. The van der Waals surface area contributed by atoms with Crippen LogP contribution in [0.2, 0.25) is 0 Å². The molecule has 0 unspecified atom stereocenters. The van der Waals surface area contributed by atoms with Crippen molar-refractivity contribution >= 4 is 15.9 Å². The third kappa shape index (κ3) is 5.27. The molecule has 0 N–H and O–H groups in total. The molecule has 2 rings (SSSR count). The molecule has 0 fully saturated rings. The number of aromatic nitrogens is 2. The Kier molecular flexibility index (Phi) is 5.73. The summed E-state index contributed by atoms with van der Waals surface area (Å²) in [7, 11) is 0. The van der Waals surface area contributed by atoms with Gasteiger partial charge in [0.1, 0.15) is 5.75 Å². The third-order valence-corrected chi connectivity index (χ3v) is 3.88. The van der Waals surface area contributed by atoms with Crippen LogP contribution in [0, 0.1) is 5.92 Å². The Hall–Kier alpha value is -1.50. The predicted octanol–water partition coefficient (Wildman–Crippen LogP) is 5.39. The smallest absolute Gasteiger partial charge is 0.406 e. The fraction of sp³-hybridized carbons (Fsp3) is 0.438. The Morgan fingerprint density at radius 3 is 2.39 bits per heavy atom. The molecule has 1 heterocycles. The summed E-state index contributed by atoms with van der Waals surface area (Å²) in [6.45, 7) is 5.11. The van der Waals surface area contributed by atoms with Crippen LogP contribution in [0.4, 0.5) is 13.2 Å². The van der Waals surface area contributed by atoms with Crippen LogP contribution in [-0.4, -0.2) is 16.1 Å². The summed E-state index contributed by atoms with van der Waals surface area (Å²) < 4.78 is 42.3. The minimum absolute atomic E-state index is 0.235. The summed E-state index contributed by atoms with van der Waals surface area (Å²) in [5.41, 5.74) is 2.53. The molecule has 0 atom stereocenters. The molecule has 0 saturated heterocycles. The Bertz CT molecular complexity index is 636. The molecule has 0 saturated carbocycles. The van der Waals surface area contributed by atoms with E-state index in [9.17, 15) is 13.2 Å². The van der Waals surface area contributed by atoms with Crippen molar-refractivity contribution in [2.45, 2.75) is 38.5 Å². The molecule has 0 aliphatic heterocycles. The van der Waals surface area contributed by atoms with Gasteiger partial charge in [-0.1, -0.05) is 29.8 Å². The van der Waals surface area contributed by atoms with Crippen molar-refractivity contribution in [1.29, 1.82) is 0 Å². The number of benzene rings is 1. The topological polar surface area (TPSA) is 27.1 Å². The first-order chi connectivity index (χ1) is 10.8. The Labute approximate surface area is 141 Å². The lowest BCUT2D eigenvalue weighted by Gasteiger charge is -2.08. The Morgan fingerprint density at radius 2 is 1.87 bits per heavy atom. The first-order valence-corrected chi connectivity index (χ1v) is 8.39. The molecule has 3 nitrogen and oxygen atoms in total. The Balaban J connectivity index is 2.18. The summed E-state index contributed by atoms with van der Waals surface area (Å²) >= 11 is 3.44. The van der Waals surface area contributed by atoms with Gasteiger partial charge in [0, 0.05) is 23.1 Å². The molecule has 2 aromatic rings. The van der Waals surface area contributed by atoms with Crippen LogP contribution in [0.5, 0.6) is 5.75 Å². The van der Waals surface area contributed by atoms with Gasteiger partial charge in [0.15, 0.2) is 0 Å². The maximum Gasteiger partial charge on any atom is 0.573 e. The van der Waals surface area contributed by atoms with Gasteiger partial charge in [0.25, 0.3) is 0 Å². The number of rotatable bonds is 6. The van der Waals surface area contributed by atoms with E-state index in [2.05, 4.69) is 39.6 Å². The van der Waals surface area contributed by atoms with Crippen LogP contribution >= 0.6 is 15.9 Å². The summed E-state index contributed by atoms with van der Waals surface area (Å²) in [6, 6.07) is 7.69. The molecule has 126 valence electrons. The van der Waals surface area contributed by atoms with Gasteiger partial charge < -0.3 is 4.74 Å². The van der Waals surface area contributed by atoms with E-state index in [1.165, 1.54) is 12.1 Å². The predicted molar refractivity (Wildman–Crippen MR) is 86.4 cm³/mol. The highest BCUT2D eigenvalue weighted by atomic mass is 79.9. The minimum atomic E-state index is -4.68. The molecule has 0 amide bonds. The molecule has 0 aliphatic carbocycles. The van der Waals surface area contributed by atoms with Crippen LogP contribution in [0.1, 0.15) is 26.0 Å². The fourth-order valence-electron chi connectivity index (χ4n) is 2.11. The second-order valence-corrected chi connectivity index (χ2v) is 6.19. The zero-order valence-corrected chi connectivity index (χ0v) is 14.5. The van der Waals surface area contributed by atoms with E-state index in [-0.39, 0.29) is 5.75 Å². The second kappa shape index (κ2) is 7.38. The molecule has 0 bridgehead atoms. The molecule has 1 aromatic heterocycles. The van der Waals surface area contributed by atoms with E-state index in [1.807, 2.05) is 10.7 Å². The van der Waals surface area contributed by atoms with Gasteiger partial charge in [-0.15, -0.1) is 13.2 Å². The number of ether oxygens (including phenoxy) is 1. The van der Waals surface area contributed by atoms with Gasteiger partial charge in [-0.3, -0.25) is 4.68 Å². The van der Waals surface area contributed by atoms with Crippen molar-refractivity contribution in [3.8, 4) is 17.0 Å². The average molecular weight is 391 g/mol. The van der Waals surface area contributed by atoms with Gasteiger partial charge in [0.2, 0.25) is 0 Å². The number of nitrogens with zero attached hydrogens (tertiary/aromatic N) is 2. The molecular weight excluding hydrogens is 373 g/mol. The van der Waals surface area contributed by atoms with Crippen LogP contribution in [0.15, 0.2) is 30.3 Å². The molecule has 0 radical (unpaired) electrons. The number of hydrogen-bond acceptors (Lipinski definition) is 2. The van der Waals surface area contributed by atoms with E-state index < -0.39 is 6.36 Å². The highest BCUT2D eigenvalue weighted by Gasteiger charge is 2.31. The van der Waals surface area contributed by atoms with Crippen LogP contribution in [0.3, 0.4) is 0 Å². The molecule has 23 heavy (non-hydrogen) atoms. The van der Waals surface area contributed by atoms with Gasteiger partial charge in [0.05, 0.1) is 5.69 Å². The Morgan fingerprint density at radius 1 is 1.22 bits per heavy atom. The van der Waals surface area contributed by atoms with Crippen molar-refractivity contribution in [3.63, 3.8) is 0 Å². The molecule has 7 heteroatoms. The highest BCUT2D eigenvalue weighted by molar-refractivity contribution is 9.08. The van der Waals surface area contributed by atoms with Gasteiger partial charge in [-0.2, -0.15) is 5.10 Å². The maximum atomic E-state index is 12.2. The SMILES string of the molecule is CC(C)CCn1nc(-c2ccc(OC(F)(F)F)cc2)cc1CBr. The lowest BCUT2D eigenvalue weighted by molar-refractivity contribution is -0.274. The second-order valence-electron chi connectivity index (χ2n) is 5.63. The minimum Gasteiger partial charge on any atom is -0.406 e. The van der Waals surface area contributed by atoms with E-state index in [0.717, 1.165) is 29.9 Å². The summed E-state index contributed by atoms with van der Waals surface area (Å²) in [5.74, 6) is 0.339. The van der Waals surface area contributed by atoms with E-state index in [4.69, 9.17) is 0 Å². The molecule has 0 spiro atoms. The zero-order chi connectivity index (χ0) is 17.0. The van der Waals surface area contributed by atoms with E-state index >= 15 is 0 Å². The van der Waals surface area contributed by atoms with Crippen molar-refractivity contribution in [2.75, 3.05) is 0 Å². The van der Waals surface area contributed by atoms with Crippen LogP contribution < -0.4 is 4.74 Å². The third-order valence-electron chi connectivity index (χ3n) is 3.30. The lowest BCUT2D eigenvalue weighted by atomic mass is 10.1. The van der Waals surface area contributed by atoms with Crippen LogP contribution in [-0.2, 0) is 11.9 Å². The lowest BCUT2D eigenvalue weighted by Crippen LogP contribution is -2.16. The van der Waals surface area contributed by atoms with Crippen LogP contribution in [0.25, 0.3) is 11.3 Å². The van der Waals surface area contributed by atoms with E-state index in [0.29, 0.717) is 11.2 Å². The first kappa shape index (κ1) is 17.8. The summed E-state index contributed by atoms with van der Waals surface area (Å²) in [5, 5.41) is 5.23. The monoisotopic (exact) mass is 390 g/mol. The highest BCUT2D eigenvalue weighted by Crippen LogP contribution is 2.27. The van der Waals surface area contributed by atoms with Gasteiger partial charge >= 0.3 is 6.36 Å². The van der Waals surface area contributed by atoms with Gasteiger partial charge in [-0.05, 0) is 42.7 Å². The van der Waals surface area contributed by atoms with Crippen molar-refractivity contribution < 1.29 is 17.9 Å². The molecule has 1 aromatic carbocycles. The average Bonchev–Trinajstić information content (AvgIpc) is 2.87. The van der Waals surface area contributed by atoms with Crippen molar-refractivity contribution in [3.05, 3.63) is 36.0 Å². The fourth-order valence-corrected chi connectivity index (χ4v) is 2.56. The largest absolute Gasteiger partial charge is 0.573 e. The molecule has 0 aliphatic rings. The van der Waals surface area contributed by atoms with Gasteiger partial charge in [-0.25, -0.2) is 0 Å². The summed E-state index contributed by atoms with van der Waals surface area (Å²) in [4.78, 5) is 0. The first-order valence-electron chi connectivity index (χ1n) is 7.27. The van der Waals surface area contributed by atoms with E-state index in [1.54, 1.807) is 12.1 Å². The van der Waals surface area contributed by atoms with Crippen molar-refractivity contribution in [2.24, 2.45) is 5.92 Å². The number of alkyl halides is 4. The normalized spacial score (nSPS) is 12.0. The number of hydrogen-bond donors (Lipinski definition) is 0. The standard InChI is InChI=1S/C16H18BrF3N2O/c1-11(2)7-8-22-13(10-17)9-15(21-22)12-3-5-14(6-4-12)23-16(18,19)20/h3-6,9,11H,7-8,10H2,1-2H3. The zero-order valence-electron chi connectivity index (χ0n) is 12.9. The quantitative estimate of drug-likeness (QED) is 0.618. The molecular formula is C16H18BrF3N2O. The number of aryl methyl sites for hydroxylation is 1. The summed E-state index contributed by atoms with van der Waals surface area (Å²) in [6.07, 6.45) is -3.66.